The van der Waals surface area contributed by atoms with Gasteiger partial charge in [0.05, 0.1) is 213 Å². The number of aryl methyl sites for hydroxylation is 3. The zero-order chi connectivity index (χ0) is 83.6. The Bertz CT molecular complexity index is 6550. The van der Waals surface area contributed by atoms with Crippen molar-refractivity contribution in [3.05, 3.63) is 145 Å². The number of hydrogen-bond acceptors (Lipinski definition) is 33. The summed E-state index contributed by atoms with van der Waals surface area (Å²) >= 11 is 6.29. The fourth-order valence-electron chi connectivity index (χ4n) is 14.4. The van der Waals surface area contributed by atoms with Gasteiger partial charge >= 0.3 is 0 Å². The Labute approximate surface area is 707 Å². The van der Waals surface area contributed by atoms with Crippen LogP contribution >= 0.6 is 45.3 Å². The predicted molar refractivity (Wildman–Crippen MR) is 455 cm³/mol. The third-order valence-corrected chi connectivity index (χ3v) is 26.4. The van der Waals surface area contributed by atoms with Crippen molar-refractivity contribution in [2.75, 3.05) is 79.8 Å². The quantitative estimate of drug-likeness (QED) is 0.0462. The Morgan fingerprint density at radius 1 is 0.430 bits per heavy atom. The predicted octanol–water partition coefficient (Wildman–Crippen LogP) is 12.1. The van der Waals surface area contributed by atoms with Gasteiger partial charge in [-0.25, -0.2) is 48.3 Å². The number of sulfonamides is 1. The van der Waals surface area contributed by atoms with E-state index in [1.165, 1.54) is 15.6 Å². The van der Waals surface area contributed by atoms with Crippen molar-refractivity contribution in [2.45, 2.75) is 87.5 Å². The molecule has 0 radical (unpaired) electrons. The lowest BCUT2D eigenvalue weighted by Crippen LogP contribution is -2.64. The van der Waals surface area contributed by atoms with Crippen LogP contribution in [0.4, 0.5) is 46.5 Å². The monoisotopic (exact) mass is 1720 g/mol. The molecule has 0 amide bonds. The summed E-state index contributed by atoms with van der Waals surface area (Å²) < 4.78 is 59.4. The van der Waals surface area contributed by atoms with Crippen LogP contribution < -0.4 is 21.3 Å². The van der Waals surface area contributed by atoms with Crippen LogP contribution in [0.1, 0.15) is 65.3 Å². The Morgan fingerprint density at radius 3 is 1.17 bits per heavy atom. The van der Waals surface area contributed by atoms with Crippen LogP contribution in [0.25, 0.3) is 85.9 Å². The highest BCUT2D eigenvalue weighted by Crippen LogP contribution is 2.42. The normalized spacial score (nSPS) is 15.6. The van der Waals surface area contributed by atoms with Gasteiger partial charge in [-0.05, 0) is 79.4 Å². The van der Waals surface area contributed by atoms with E-state index in [0.29, 0.717) is 82.7 Å². The van der Waals surface area contributed by atoms with Crippen molar-refractivity contribution < 1.29 is 22.6 Å². The fraction of sp³-hybridized carbons (Fsp3) is 0.333. The van der Waals surface area contributed by atoms with Crippen molar-refractivity contribution in [3.8, 4) is 69.3 Å². The molecule has 43 heteroatoms. The molecule has 121 heavy (non-hydrogen) atoms. The van der Waals surface area contributed by atoms with E-state index in [4.69, 9.17) is 44.7 Å². The number of fused-ring (bicyclic) bond motifs is 4. The summed E-state index contributed by atoms with van der Waals surface area (Å²) in [4.78, 5) is 38.4. The average Bonchev–Trinajstić information content (AvgIpc) is 1.70. The van der Waals surface area contributed by atoms with Crippen molar-refractivity contribution in [1.82, 2.24) is 122 Å². The van der Waals surface area contributed by atoms with Crippen LogP contribution in [0, 0.1) is 45.3 Å². The fourth-order valence-corrected chi connectivity index (χ4v) is 18.9. The number of rotatable bonds is 23. The number of ether oxygens (including phenoxy) is 3. The lowest BCUT2D eigenvalue weighted by molar-refractivity contribution is -0.104. The molecule has 0 aromatic carbocycles. The topological polar surface area (TPSA) is 454 Å². The second-order valence-electron chi connectivity index (χ2n) is 29.8. The van der Waals surface area contributed by atoms with Crippen LogP contribution in [0.3, 0.4) is 0 Å². The molecule has 4 aliphatic rings. The molecule has 614 valence electrons. The van der Waals surface area contributed by atoms with Gasteiger partial charge in [0.25, 0.3) is 0 Å². The Hall–Kier alpha value is -13.2. The third-order valence-electron chi connectivity index (χ3n) is 21.1. The number of nitrogens with one attached hydrogen (secondary N) is 4. The molecule has 0 aliphatic carbocycles. The number of anilines is 8. The molecule has 4 aliphatic heterocycles. The first-order valence-electron chi connectivity index (χ1n) is 38.3. The van der Waals surface area contributed by atoms with Gasteiger partial charge in [0.1, 0.15) is 21.4 Å². The van der Waals surface area contributed by atoms with Crippen LogP contribution in [0.2, 0.25) is 0 Å². The van der Waals surface area contributed by atoms with E-state index in [9.17, 15) is 18.9 Å². The Kier molecular flexibility index (Phi) is 22.2. The highest BCUT2D eigenvalue weighted by Gasteiger charge is 2.50. The largest absolute Gasteiger partial charge is 0.381 e. The molecule has 4 saturated heterocycles. The molecule has 4 fully saturated rings. The molecule has 0 spiro atoms. The van der Waals surface area contributed by atoms with E-state index >= 15 is 0 Å². The maximum Gasteiger partial charge on any atom is 0.229 e. The van der Waals surface area contributed by atoms with Gasteiger partial charge < -0.3 is 35.5 Å². The van der Waals surface area contributed by atoms with Crippen LogP contribution in [0.15, 0.2) is 145 Å². The van der Waals surface area contributed by atoms with Crippen molar-refractivity contribution in [1.29, 1.82) is 21.0 Å². The first-order valence-corrected chi connectivity index (χ1v) is 43.4. The molecular weight excluding hydrogens is 1640 g/mol. The molecule has 16 aromatic rings. The number of hydrogen-bond donors (Lipinski definition) is 4. The first-order chi connectivity index (χ1) is 58.7. The lowest BCUT2D eigenvalue weighted by Gasteiger charge is -2.47. The molecule has 0 unspecified atom stereocenters. The zero-order valence-electron chi connectivity index (χ0n) is 66.1. The van der Waals surface area contributed by atoms with Gasteiger partial charge in [-0.15, -0.1) is 45.3 Å². The molecule has 20 heterocycles. The van der Waals surface area contributed by atoms with Gasteiger partial charge in [0, 0.05) is 131 Å². The van der Waals surface area contributed by atoms with Gasteiger partial charge in [-0.3, -0.25) is 37.5 Å². The van der Waals surface area contributed by atoms with Crippen LogP contribution in [-0.4, -0.2) is 189 Å². The van der Waals surface area contributed by atoms with Gasteiger partial charge in [0.2, 0.25) is 33.8 Å². The summed E-state index contributed by atoms with van der Waals surface area (Å²) in [6, 6.07) is 17.2. The highest BCUT2D eigenvalue weighted by molar-refractivity contribution is 7.89. The number of thiophene rings is 4. The molecule has 0 atom stereocenters. The van der Waals surface area contributed by atoms with E-state index in [1.54, 1.807) is 103 Å². The van der Waals surface area contributed by atoms with E-state index in [0.717, 1.165) is 121 Å². The number of aromatic nitrogens is 24. The van der Waals surface area contributed by atoms with Gasteiger partial charge in [0.15, 0.2) is 0 Å². The maximum atomic E-state index is 12.3. The summed E-state index contributed by atoms with van der Waals surface area (Å²) in [6.45, 7) is 9.42. The maximum absolute atomic E-state index is 12.3. The second kappa shape index (κ2) is 33.5. The smallest absolute Gasteiger partial charge is 0.229 e. The van der Waals surface area contributed by atoms with E-state index in [2.05, 4.69) is 120 Å². The van der Waals surface area contributed by atoms with E-state index in [-0.39, 0.29) is 47.9 Å². The van der Waals surface area contributed by atoms with Gasteiger partial charge in [-0.1, -0.05) is 0 Å². The summed E-state index contributed by atoms with van der Waals surface area (Å²) in [6.07, 6.45) is 32.1. The summed E-state index contributed by atoms with van der Waals surface area (Å²) in [7, 11) is 2.26. The van der Waals surface area contributed by atoms with Crippen LogP contribution in [-0.2, 0) is 67.5 Å². The molecule has 38 nitrogen and oxygen atoms in total. The zero-order valence-corrected chi connectivity index (χ0v) is 70.2. The Morgan fingerprint density at radius 2 is 0.793 bits per heavy atom. The number of nitrogens with zero attached hydrogens (tertiary/aromatic N) is 29. The summed E-state index contributed by atoms with van der Waals surface area (Å²) in [5.74, 6) is 1.99. The molecule has 4 N–H and O–H groups in total. The van der Waals surface area contributed by atoms with Crippen molar-refractivity contribution >= 4 is 143 Å². The standard InChI is InChI=1S/C22H25N9O2S2.C20H20N8OS.2C18H16N8OS/c1-4-35(32,33)29-13-22(14-29,6-7-23)31-11-16(9-25-31)19-20-18(5-8-34-20)27-21(28-19)26-17-10-24-30(12-17)15(2)3;1-27-13-15(11-22-27)24-19-25-16-2-9-30-18(16)17(26-19)14-10-23-28(12-14)20(3-6-21)4-7-29-8-5-20;1-25-9-13(7-20-25)22-17-23-14-2-5-28-16(14)15(24-17)12-6-21-26(8-12)18(3-4-19)10-27-11-18;1-25-9-13(7-20-25)22-17-23-15(14-2-5-28-16(14)24-17)12-6-21-26(8-12)18(3-4-19)10-27-11-18/h5,8-12,15H,4,6,13-14H2,1-3H3,(H,26,27,28);2,9-13H,3-5,7-8H2,1H3,(H,24,25,26);2*2,5-9H,3,10-11H2,1H3,(H,22,23,24). The minimum absolute atomic E-state index is 0.0309. The molecule has 0 bridgehead atoms. The minimum atomic E-state index is -3.32. The van der Waals surface area contributed by atoms with E-state index < -0.39 is 15.6 Å². The number of nitriles is 4. The molecular formula is C78H77N33O5S5. The SMILES string of the molecule is CCS(=O)(=O)N1CC(CC#N)(n2cc(-c3nc(Nc4cnn(C(C)C)c4)nc4ccsc34)cn2)C1.Cn1cc(Nc2nc(-c3cnn(C4(CC#N)CCOCC4)c3)c3sccc3n2)cn1.Cn1cc(Nc2nc(-c3cnn(C4(CC#N)COC4)c3)c3ccsc3n2)cn1.Cn1cc(Nc2nc(-c3cnn(C4(CC#N)COC4)c3)c3sccc3n2)cn1. The second-order valence-corrected chi connectivity index (χ2v) is 35.7. The van der Waals surface area contributed by atoms with Crippen molar-refractivity contribution in [2.24, 2.45) is 21.1 Å². The van der Waals surface area contributed by atoms with Crippen molar-refractivity contribution in [3.63, 3.8) is 0 Å². The first kappa shape index (κ1) is 80.2. The lowest BCUT2D eigenvalue weighted by atomic mass is 9.87. The third kappa shape index (κ3) is 16.4. The summed E-state index contributed by atoms with van der Waals surface area (Å²) in [5, 5.41) is 94.0. The molecule has 16 aromatic heterocycles. The molecule has 0 saturated carbocycles. The minimum Gasteiger partial charge on any atom is -0.381 e. The van der Waals surface area contributed by atoms with E-state index in [1.807, 2.05) is 141 Å². The Balaban J connectivity index is 0.000000115. The van der Waals surface area contributed by atoms with Crippen LogP contribution in [0.5, 0.6) is 0 Å². The van der Waals surface area contributed by atoms with Gasteiger partial charge in [-0.2, -0.15) is 66.1 Å². The summed E-state index contributed by atoms with van der Waals surface area (Å²) in [5.41, 5.74) is 10.6. The molecule has 20 rings (SSSR count). The highest BCUT2D eigenvalue weighted by atomic mass is 32.2. The average molecular weight is 1720 g/mol.